The van der Waals surface area contributed by atoms with E-state index in [-0.39, 0.29) is 5.41 Å². The molecule has 4 heteroatoms. The van der Waals surface area contributed by atoms with Gasteiger partial charge in [-0.2, -0.15) is 0 Å². The van der Waals surface area contributed by atoms with Crippen molar-refractivity contribution >= 4 is 34.6 Å². The molecule has 1 aliphatic carbocycles. The number of hydrogen-bond donors (Lipinski definition) is 0. The first-order valence-corrected chi connectivity index (χ1v) is 11.6. The molecule has 0 radical (unpaired) electrons. The van der Waals surface area contributed by atoms with Crippen molar-refractivity contribution in [2.75, 3.05) is 19.6 Å². The molecular formula is C26H29Cl2NO. The Morgan fingerprint density at radius 2 is 1.50 bits per heavy atom. The van der Waals surface area contributed by atoms with E-state index in [9.17, 15) is 4.79 Å². The molecule has 1 fully saturated rings. The van der Waals surface area contributed by atoms with Crippen molar-refractivity contribution in [3.05, 3.63) is 74.3 Å². The van der Waals surface area contributed by atoms with Gasteiger partial charge in [-0.05, 0) is 64.9 Å². The molecule has 0 amide bonds. The lowest BCUT2D eigenvalue weighted by Crippen LogP contribution is -2.33. The Hall–Kier alpha value is -1.61. The molecule has 0 spiro atoms. The SMILES string of the molecule is CCC(=O)CCN1CCC(=C2c3ccc(Cl)cc3C(C)(C)c3cc(Cl)ccc32)CC1. The van der Waals surface area contributed by atoms with Gasteiger partial charge in [0.2, 0.25) is 0 Å². The third-order valence-electron chi connectivity index (χ3n) is 6.76. The summed E-state index contributed by atoms with van der Waals surface area (Å²) in [4.78, 5) is 14.1. The van der Waals surface area contributed by atoms with Crippen molar-refractivity contribution in [1.82, 2.24) is 4.90 Å². The standard InChI is InChI=1S/C26H29Cl2NO/c1-4-20(30)11-14-29-12-9-17(10-13-29)25-21-7-5-18(27)15-23(21)26(2,3)24-16-19(28)6-8-22(24)25/h5-8,15-16H,4,9-14H2,1-3H3. The van der Waals surface area contributed by atoms with Crippen LogP contribution in [-0.4, -0.2) is 30.3 Å². The van der Waals surface area contributed by atoms with Gasteiger partial charge in [-0.25, -0.2) is 0 Å². The van der Waals surface area contributed by atoms with Crippen LogP contribution in [0.15, 0.2) is 42.0 Å². The first-order chi connectivity index (χ1) is 14.3. The number of fused-ring (bicyclic) bond motifs is 2. The Morgan fingerprint density at radius 3 is 2.00 bits per heavy atom. The molecule has 0 bridgehead atoms. The van der Waals surface area contributed by atoms with E-state index in [2.05, 4.69) is 43.0 Å². The van der Waals surface area contributed by atoms with Crippen LogP contribution in [0.4, 0.5) is 0 Å². The van der Waals surface area contributed by atoms with Crippen molar-refractivity contribution < 1.29 is 4.79 Å². The van der Waals surface area contributed by atoms with E-state index in [0.717, 1.165) is 42.5 Å². The normalized spacial score (nSPS) is 18.2. The minimum Gasteiger partial charge on any atom is -0.302 e. The Labute approximate surface area is 189 Å². The molecule has 0 unspecified atom stereocenters. The fourth-order valence-corrected chi connectivity index (χ4v) is 5.27. The van der Waals surface area contributed by atoms with E-state index < -0.39 is 0 Å². The third-order valence-corrected chi connectivity index (χ3v) is 7.23. The molecular weight excluding hydrogens is 413 g/mol. The van der Waals surface area contributed by atoms with Gasteiger partial charge in [-0.3, -0.25) is 4.79 Å². The minimum atomic E-state index is -0.161. The lowest BCUT2D eigenvalue weighted by atomic mass is 9.66. The highest BCUT2D eigenvalue weighted by atomic mass is 35.5. The number of carbonyl (C=O) groups is 1. The predicted octanol–water partition coefficient (Wildman–Crippen LogP) is 6.90. The van der Waals surface area contributed by atoms with Gasteiger partial charge >= 0.3 is 0 Å². The predicted molar refractivity (Wildman–Crippen MR) is 127 cm³/mol. The molecule has 30 heavy (non-hydrogen) atoms. The number of carbonyl (C=O) groups excluding carboxylic acids is 1. The van der Waals surface area contributed by atoms with Crippen LogP contribution in [0, 0.1) is 0 Å². The van der Waals surface area contributed by atoms with E-state index >= 15 is 0 Å². The molecule has 2 aliphatic rings. The molecule has 0 atom stereocenters. The van der Waals surface area contributed by atoms with E-state index in [1.165, 1.54) is 33.4 Å². The molecule has 1 saturated heterocycles. The number of rotatable bonds is 4. The highest BCUT2D eigenvalue weighted by molar-refractivity contribution is 6.31. The Kier molecular flexibility index (Phi) is 6.12. The van der Waals surface area contributed by atoms with Crippen LogP contribution in [-0.2, 0) is 10.2 Å². The van der Waals surface area contributed by atoms with E-state index in [4.69, 9.17) is 23.2 Å². The number of benzene rings is 2. The van der Waals surface area contributed by atoms with Gasteiger partial charge in [-0.1, -0.05) is 61.7 Å². The maximum atomic E-state index is 11.7. The highest BCUT2D eigenvalue weighted by Gasteiger charge is 2.36. The lowest BCUT2D eigenvalue weighted by molar-refractivity contribution is -0.119. The minimum absolute atomic E-state index is 0.161. The highest BCUT2D eigenvalue weighted by Crippen LogP contribution is 2.49. The molecule has 0 N–H and O–H groups in total. The summed E-state index contributed by atoms with van der Waals surface area (Å²) in [6.07, 6.45) is 3.36. The third kappa shape index (κ3) is 3.98. The smallest absolute Gasteiger partial charge is 0.133 e. The van der Waals surface area contributed by atoms with Crippen molar-refractivity contribution in [2.24, 2.45) is 0 Å². The Bertz CT molecular complexity index is 954. The molecule has 158 valence electrons. The first kappa shape index (κ1) is 21.6. The summed E-state index contributed by atoms with van der Waals surface area (Å²) in [7, 11) is 0. The number of ketones is 1. The summed E-state index contributed by atoms with van der Waals surface area (Å²) in [6, 6.07) is 12.6. The summed E-state index contributed by atoms with van der Waals surface area (Å²) in [5.41, 5.74) is 7.82. The zero-order chi connectivity index (χ0) is 21.5. The quantitative estimate of drug-likeness (QED) is 0.513. The van der Waals surface area contributed by atoms with Crippen LogP contribution < -0.4 is 0 Å². The van der Waals surface area contributed by atoms with Gasteiger partial charge in [0.25, 0.3) is 0 Å². The fourth-order valence-electron chi connectivity index (χ4n) is 4.93. The van der Waals surface area contributed by atoms with Crippen LogP contribution >= 0.6 is 23.2 Å². The van der Waals surface area contributed by atoms with E-state index in [1.54, 1.807) is 0 Å². The molecule has 1 heterocycles. The largest absolute Gasteiger partial charge is 0.302 e. The van der Waals surface area contributed by atoms with Crippen molar-refractivity contribution in [2.45, 2.75) is 51.9 Å². The van der Waals surface area contributed by atoms with Gasteiger partial charge in [0.05, 0.1) is 0 Å². The van der Waals surface area contributed by atoms with Crippen LogP contribution in [0.2, 0.25) is 10.0 Å². The second-order valence-electron chi connectivity index (χ2n) is 8.97. The molecule has 0 aromatic heterocycles. The van der Waals surface area contributed by atoms with Crippen molar-refractivity contribution in [1.29, 1.82) is 0 Å². The summed E-state index contributed by atoms with van der Waals surface area (Å²) in [5, 5.41) is 1.54. The van der Waals surface area contributed by atoms with Gasteiger partial charge in [0, 0.05) is 47.9 Å². The summed E-state index contributed by atoms with van der Waals surface area (Å²) >= 11 is 12.8. The first-order valence-electron chi connectivity index (χ1n) is 10.9. The molecule has 2 aromatic rings. The number of likely N-dealkylation sites (tertiary alicyclic amines) is 1. The lowest BCUT2D eigenvalue weighted by Gasteiger charge is -2.39. The molecule has 4 rings (SSSR count). The van der Waals surface area contributed by atoms with Crippen LogP contribution in [0.3, 0.4) is 0 Å². The van der Waals surface area contributed by atoms with Gasteiger partial charge in [0.15, 0.2) is 0 Å². The Balaban J connectivity index is 1.74. The van der Waals surface area contributed by atoms with Gasteiger partial charge in [0.1, 0.15) is 5.78 Å². The summed E-state index contributed by atoms with van der Waals surface area (Å²) in [6.45, 7) is 9.34. The fraction of sp³-hybridized carbons (Fsp3) is 0.423. The number of halogens is 2. The summed E-state index contributed by atoms with van der Waals surface area (Å²) < 4.78 is 0. The topological polar surface area (TPSA) is 20.3 Å². The maximum absolute atomic E-state index is 11.7. The van der Waals surface area contributed by atoms with Crippen molar-refractivity contribution in [3.63, 3.8) is 0 Å². The number of piperidine rings is 1. The zero-order valence-electron chi connectivity index (χ0n) is 18.0. The summed E-state index contributed by atoms with van der Waals surface area (Å²) in [5.74, 6) is 0.352. The van der Waals surface area contributed by atoms with Crippen LogP contribution in [0.25, 0.3) is 5.57 Å². The monoisotopic (exact) mass is 441 g/mol. The van der Waals surface area contributed by atoms with Crippen LogP contribution in [0.5, 0.6) is 0 Å². The van der Waals surface area contributed by atoms with E-state index in [0.29, 0.717) is 18.6 Å². The van der Waals surface area contributed by atoms with Crippen LogP contribution in [0.1, 0.15) is 68.7 Å². The number of nitrogens with zero attached hydrogens (tertiary/aromatic N) is 1. The number of Topliss-reactive ketones (excluding diaryl/α,β-unsaturated/α-hetero) is 1. The van der Waals surface area contributed by atoms with Crippen molar-refractivity contribution in [3.8, 4) is 0 Å². The second-order valence-corrected chi connectivity index (χ2v) is 9.84. The second kappa shape index (κ2) is 8.49. The molecule has 2 nitrogen and oxygen atoms in total. The Morgan fingerprint density at radius 1 is 0.967 bits per heavy atom. The average Bonchev–Trinajstić information content (AvgIpc) is 2.74. The molecule has 2 aromatic carbocycles. The molecule has 0 saturated carbocycles. The maximum Gasteiger partial charge on any atom is 0.133 e. The number of hydrogen-bond acceptors (Lipinski definition) is 2. The van der Waals surface area contributed by atoms with E-state index in [1.807, 2.05) is 19.1 Å². The molecule has 1 aliphatic heterocycles. The van der Waals surface area contributed by atoms with Gasteiger partial charge < -0.3 is 4.90 Å². The average molecular weight is 442 g/mol. The van der Waals surface area contributed by atoms with Gasteiger partial charge in [-0.15, -0.1) is 0 Å². The zero-order valence-corrected chi connectivity index (χ0v) is 19.5.